The van der Waals surface area contributed by atoms with Gasteiger partial charge in [0, 0.05) is 25.4 Å². The molecule has 1 saturated heterocycles. The van der Waals surface area contributed by atoms with Gasteiger partial charge in [-0.2, -0.15) is 0 Å². The van der Waals surface area contributed by atoms with E-state index in [4.69, 9.17) is 9.64 Å². The molecular formula is C28H41N4OSi+. The maximum atomic E-state index is 7.20. The molecule has 2 atom stereocenters. The number of rotatable bonds is 10. The number of aromatic nitrogens is 3. The maximum absolute atomic E-state index is 7.20. The third kappa shape index (κ3) is 5.34. The summed E-state index contributed by atoms with van der Waals surface area (Å²) in [4.78, 5) is 0. The lowest BCUT2D eigenvalue weighted by atomic mass is 9.79. The number of hydrogen-bond acceptors (Lipinski definition) is 3. The Morgan fingerprint density at radius 1 is 1.03 bits per heavy atom. The summed E-state index contributed by atoms with van der Waals surface area (Å²) >= 11 is 0. The van der Waals surface area contributed by atoms with Crippen LogP contribution in [0.15, 0.2) is 66.9 Å². The molecule has 1 aliphatic rings. The average Bonchev–Trinajstić information content (AvgIpc) is 3.46. The van der Waals surface area contributed by atoms with Crippen molar-refractivity contribution < 1.29 is 9.11 Å². The van der Waals surface area contributed by atoms with E-state index in [1.807, 2.05) is 0 Å². The van der Waals surface area contributed by atoms with Crippen LogP contribution in [0.25, 0.3) is 0 Å². The number of nitrogens with zero attached hydrogens (tertiary/aromatic N) is 3. The summed E-state index contributed by atoms with van der Waals surface area (Å²) in [7, 11) is 0.157. The molecule has 1 fully saturated rings. The lowest BCUT2D eigenvalue weighted by Crippen LogP contribution is -2.53. The van der Waals surface area contributed by atoms with E-state index in [1.54, 1.807) is 0 Å². The average molecular weight is 478 g/mol. The van der Waals surface area contributed by atoms with Gasteiger partial charge in [0.25, 0.3) is 0 Å². The summed E-state index contributed by atoms with van der Waals surface area (Å²) in [6, 6.07) is 22.0. The maximum Gasteiger partial charge on any atom is 0.185 e. The molecule has 2 aromatic carbocycles. The van der Waals surface area contributed by atoms with Crippen LogP contribution >= 0.6 is 0 Å². The summed E-state index contributed by atoms with van der Waals surface area (Å²) in [5.74, 6) is 0. The quantitative estimate of drug-likeness (QED) is 0.250. The standard InChI is InChI=1S/C28H41N4OSi/c1-6-7-10-19-25-22-32(30-31(25)2)26-20-27(29-21-26)28(33-34(3,4)5,23-15-11-8-12-16-23)24-17-13-9-14-18-24/h8-9,11-18,22,26-27,29H,6-7,10,19-21H2,1-5H3/q+1/t26-,27-/m0/s1. The molecule has 3 aromatic rings. The van der Waals surface area contributed by atoms with E-state index < -0.39 is 13.9 Å². The zero-order valence-corrected chi connectivity index (χ0v) is 22.5. The number of nitrogens with one attached hydrogen (secondary N) is 1. The molecule has 1 aliphatic heterocycles. The fraction of sp³-hybridized carbons (Fsp3) is 0.500. The molecule has 0 radical (unpaired) electrons. The van der Waals surface area contributed by atoms with Gasteiger partial charge in [0.05, 0.1) is 5.21 Å². The number of unbranched alkanes of at least 4 members (excludes halogenated alkanes) is 2. The molecular weight excluding hydrogens is 436 g/mol. The van der Waals surface area contributed by atoms with Gasteiger partial charge in [-0.3, -0.25) is 0 Å². The van der Waals surface area contributed by atoms with E-state index in [2.05, 4.69) is 115 Å². The Morgan fingerprint density at radius 2 is 1.65 bits per heavy atom. The van der Waals surface area contributed by atoms with E-state index in [0.29, 0.717) is 6.04 Å². The monoisotopic (exact) mass is 477 g/mol. The minimum atomic E-state index is -1.92. The molecule has 1 aromatic heterocycles. The lowest BCUT2D eigenvalue weighted by molar-refractivity contribution is -0.775. The normalized spacial score (nSPS) is 19.0. The molecule has 0 spiro atoms. The van der Waals surface area contributed by atoms with Crippen molar-refractivity contribution in [2.24, 2.45) is 7.05 Å². The van der Waals surface area contributed by atoms with Crippen molar-refractivity contribution in [2.45, 2.75) is 76.4 Å². The molecule has 0 bridgehead atoms. The van der Waals surface area contributed by atoms with E-state index in [-0.39, 0.29) is 6.04 Å². The predicted molar refractivity (Wildman–Crippen MR) is 140 cm³/mol. The van der Waals surface area contributed by atoms with Crippen LogP contribution in [0.1, 0.15) is 55.5 Å². The van der Waals surface area contributed by atoms with Gasteiger partial charge in [0.15, 0.2) is 20.2 Å². The van der Waals surface area contributed by atoms with Crippen LogP contribution in [-0.4, -0.2) is 30.8 Å². The summed E-state index contributed by atoms with van der Waals surface area (Å²) in [5, 5.41) is 8.74. The molecule has 0 aliphatic carbocycles. The van der Waals surface area contributed by atoms with Crippen molar-refractivity contribution in [3.8, 4) is 0 Å². The van der Waals surface area contributed by atoms with Crippen LogP contribution in [0.3, 0.4) is 0 Å². The summed E-state index contributed by atoms with van der Waals surface area (Å²) in [6.45, 7) is 10.0. The van der Waals surface area contributed by atoms with Crippen molar-refractivity contribution in [3.05, 3.63) is 83.7 Å². The SMILES string of the molecule is CCCCCc1c[n+]([C@@H]2CN[C@H](C(O[Si](C)(C)C)(c3ccccc3)c3ccccc3)C2)nn1C. The van der Waals surface area contributed by atoms with Gasteiger partial charge in [-0.1, -0.05) is 80.4 Å². The Bertz CT molecular complexity index is 1010. The molecule has 0 saturated carbocycles. The van der Waals surface area contributed by atoms with Crippen molar-refractivity contribution in [1.82, 2.24) is 15.2 Å². The Morgan fingerprint density at radius 3 is 2.21 bits per heavy atom. The molecule has 182 valence electrons. The summed E-state index contributed by atoms with van der Waals surface area (Å²) in [6.07, 6.45) is 8.04. The summed E-state index contributed by atoms with van der Waals surface area (Å²) in [5.41, 5.74) is 3.20. The molecule has 0 amide bonds. The Balaban J connectivity index is 1.69. The van der Waals surface area contributed by atoms with Crippen molar-refractivity contribution in [2.75, 3.05) is 6.54 Å². The topological polar surface area (TPSA) is 43.0 Å². The molecule has 5 nitrogen and oxygen atoms in total. The van der Waals surface area contributed by atoms with Crippen molar-refractivity contribution in [1.29, 1.82) is 0 Å². The molecule has 2 heterocycles. The molecule has 6 heteroatoms. The fourth-order valence-electron chi connectivity index (χ4n) is 5.28. The molecule has 34 heavy (non-hydrogen) atoms. The van der Waals surface area contributed by atoms with Crippen LogP contribution in [0.4, 0.5) is 0 Å². The first-order chi connectivity index (χ1) is 16.3. The first kappa shape index (κ1) is 24.8. The zero-order chi connectivity index (χ0) is 24.2. The highest BCUT2D eigenvalue weighted by Gasteiger charge is 2.50. The first-order valence-corrected chi connectivity index (χ1v) is 16.2. The molecule has 4 rings (SSSR count). The summed E-state index contributed by atoms with van der Waals surface area (Å²) < 4.78 is 11.4. The van der Waals surface area contributed by atoms with Gasteiger partial charge in [0.2, 0.25) is 0 Å². The van der Waals surface area contributed by atoms with Crippen LogP contribution in [-0.2, 0) is 23.5 Å². The van der Waals surface area contributed by atoms with E-state index >= 15 is 0 Å². The highest BCUT2D eigenvalue weighted by molar-refractivity contribution is 6.69. The predicted octanol–water partition coefficient (Wildman–Crippen LogP) is 5.14. The van der Waals surface area contributed by atoms with Crippen molar-refractivity contribution in [3.63, 3.8) is 0 Å². The smallest absolute Gasteiger partial charge is 0.185 e. The minimum Gasteiger partial charge on any atom is -0.403 e. The molecule has 1 N–H and O–H groups in total. The fourth-order valence-corrected chi connectivity index (χ4v) is 6.62. The van der Waals surface area contributed by atoms with Crippen LogP contribution in [0.2, 0.25) is 19.6 Å². The first-order valence-electron chi connectivity index (χ1n) is 12.8. The van der Waals surface area contributed by atoms with E-state index in [9.17, 15) is 0 Å². The van der Waals surface area contributed by atoms with E-state index in [0.717, 1.165) is 19.4 Å². The minimum absolute atomic E-state index is 0.145. The van der Waals surface area contributed by atoms with Gasteiger partial charge in [-0.25, -0.2) is 0 Å². The second kappa shape index (κ2) is 10.5. The van der Waals surface area contributed by atoms with Gasteiger partial charge in [0.1, 0.15) is 18.7 Å². The second-order valence-corrected chi connectivity index (χ2v) is 15.0. The van der Waals surface area contributed by atoms with E-state index in [1.165, 1.54) is 36.1 Å². The van der Waals surface area contributed by atoms with Crippen LogP contribution in [0.5, 0.6) is 0 Å². The Hall–Kier alpha value is -2.28. The third-order valence-electron chi connectivity index (χ3n) is 6.82. The highest BCUT2D eigenvalue weighted by Crippen LogP contribution is 2.43. The third-order valence-corrected chi connectivity index (χ3v) is 7.75. The van der Waals surface area contributed by atoms with Gasteiger partial charge >= 0.3 is 0 Å². The van der Waals surface area contributed by atoms with Gasteiger partial charge in [-0.15, -0.1) is 9.36 Å². The van der Waals surface area contributed by atoms with Gasteiger partial charge in [-0.05, 0) is 37.2 Å². The largest absolute Gasteiger partial charge is 0.403 e. The zero-order valence-electron chi connectivity index (χ0n) is 21.5. The van der Waals surface area contributed by atoms with Crippen LogP contribution < -0.4 is 10.00 Å². The number of hydrogen-bond donors (Lipinski definition) is 1. The Kier molecular flexibility index (Phi) is 7.70. The Labute approximate surface area is 206 Å². The number of aryl methyl sites for hydroxylation is 2. The van der Waals surface area contributed by atoms with Crippen LogP contribution in [0, 0.1) is 0 Å². The lowest BCUT2D eigenvalue weighted by Gasteiger charge is -2.44. The highest BCUT2D eigenvalue weighted by atomic mass is 28.4. The molecule has 0 unspecified atom stereocenters. The van der Waals surface area contributed by atoms with Gasteiger partial charge < -0.3 is 9.74 Å². The number of benzene rings is 2. The van der Waals surface area contributed by atoms with Crippen molar-refractivity contribution >= 4 is 8.32 Å². The second-order valence-electron chi connectivity index (χ2n) is 10.6.